The molecule has 0 aliphatic heterocycles. The molecule has 30 heavy (non-hydrogen) atoms. The third kappa shape index (κ3) is 9.57. The molecule has 0 aromatic rings. The van der Waals surface area contributed by atoms with E-state index in [0.29, 0.717) is 44.2 Å². The van der Waals surface area contributed by atoms with Crippen LogP contribution in [-0.2, 0) is 19.2 Å². The van der Waals surface area contributed by atoms with Crippen LogP contribution < -0.4 is 22.9 Å². The largest absolute Gasteiger partial charge is 0.480 e. The highest BCUT2D eigenvalue weighted by molar-refractivity contribution is 6.22. The number of allylic oxidation sites excluding steroid dienone is 1. The first-order valence-electron chi connectivity index (χ1n) is 9.93. The van der Waals surface area contributed by atoms with Crippen LogP contribution in [0.25, 0.3) is 0 Å². The predicted octanol–water partition coefficient (Wildman–Crippen LogP) is -0.0823. The second-order valence-corrected chi connectivity index (χ2v) is 8.43. The van der Waals surface area contributed by atoms with Gasteiger partial charge in [-0.25, -0.2) is 0 Å². The van der Waals surface area contributed by atoms with Gasteiger partial charge in [0.05, 0.1) is 5.57 Å². The van der Waals surface area contributed by atoms with Crippen LogP contribution in [0.5, 0.6) is 0 Å². The Morgan fingerprint density at radius 1 is 0.900 bits per heavy atom. The summed E-state index contributed by atoms with van der Waals surface area (Å²) in [5.74, 6) is -2.39. The number of carboxylic acid groups (broad SMARTS) is 2. The van der Waals surface area contributed by atoms with Crippen molar-refractivity contribution >= 4 is 23.5 Å². The van der Waals surface area contributed by atoms with Gasteiger partial charge >= 0.3 is 11.9 Å². The standard InChI is InChI=1S/C15H24N2O4.C5H12N2O2/c1-8(9(16)4-5-10(17)14(20)21)13-11(18)6-15(2,3)7-12(13)19;6-3-1-2-4(7)5(8)9/h9-10H,4-7,16-17H2,1-3H3,(H,20,21);4H,1-3,6-7H2,(H,8,9)/t9?,10-;4-/m10/s1. The van der Waals surface area contributed by atoms with Gasteiger partial charge in [0.15, 0.2) is 11.6 Å². The zero-order chi connectivity index (χ0) is 23.6. The summed E-state index contributed by atoms with van der Waals surface area (Å²) in [7, 11) is 0. The van der Waals surface area contributed by atoms with Crippen LogP contribution >= 0.6 is 0 Å². The van der Waals surface area contributed by atoms with Gasteiger partial charge in [0.25, 0.3) is 0 Å². The molecule has 1 aliphatic carbocycles. The SMILES string of the molecule is CC(=C1C(=O)CC(C)(C)CC1=O)C(N)CC[C@@H](N)C(=O)O.NCCC[C@H](N)C(=O)O. The van der Waals surface area contributed by atoms with E-state index in [9.17, 15) is 19.2 Å². The fraction of sp³-hybridized carbons (Fsp3) is 0.700. The van der Waals surface area contributed by atoms with Crippen LogP contribution in [0.2, 0.25) is 0 Å². The van der Waals surface area contributed by atoms with Crippen LogP contribution in [0.1, 0.15) is 59.3 Å². The number of aliphatic carboxylic acids is 2. The van der Waals surface area contributed by atoms with Gasteiger partial charge in [-0.15, -0.1) is 0 Å². The van der Waals surface area contributed by atoms with E-state index in [1.807, 2.05) is 13.8 Å². The summed E-state index contributed by atoms with van der Waals surface area (Å²) in [6.07, 6.45) is 2.32. The molecule has 0 amide bonds. The third-order valence-corrected chi connectivity index (χ3v) is 4.93. The van der Waals surface area contributed by atoms with Crippen molar-refractivity contribution < 1.29 is 29.4 Å². The molecule has 0 heterocycles. The molecule has 0 aromatic heterocycles. The molecule has 10 N–H and O–H groups in total. The van der Waals surface area contributed by atoms with Gasteiger partial charge in [-0.1, -0.05) is 13.8 Å². The Morgan fingerprint density at radius 3 is 1.70 bits per heavy atom. The Morgan fingerprint density at radius 2 is 1.30 bits per heavy atom. The number of hydrogen-bond acceptors (Lipinski definition) is 8. The highest BCUT2D eigenvalue weighted by atomic mass is 16.4. The fourth-order valence-electron chi connectivity index (χ4n) is 3.05. The third-order valence-electron chi connectivity index (χ3n) is 4.93. The van der Waals surface area contributed by atoms with Crippen molar-refractivity contribution in [2.45, 2.75) is 77.4 Å². The minimum absolute atomic E-state index is 0.174. The molecule has 1 saturated carbocycles. The maximum Gasteiger partial charge on any atom is 0.320 e. The van der Waals surface area contributed by atoms with Crippen LogP contribution in [0.4, 0.5) is 0 Å². The quantitative estimate of drug-likeness (QED) is 0.212. The molecule has 0 radical (unpaired) electrons. The average molecular weight is 429 g/mol. The summed E-state index contributed by atoms with van der Waals surface area (Å²) >= 11 is 0. The van der Waals surface area contributed by atoms with E-state index in [0.717, 1.165) is 0 Å². The molecule has 1 rings (SSSR count). The first-order chi connectivity index (χ1) is 13.7. The van der Waals surface area contributed by atoms with Crippen LogP contribution in [0.3, 0.4) is 0 Å². The lowest BCUT2D eigenvalue weighted by Gasteiger charge is -2.30. The molecular weight excluding hydrogens is 392 g/mol. The maximum atomic E-state index is 12.2. The Labute approximate surface area is 177 Å². The topological polar surface area (TPSA) is 213 Å². The minimum atomic E-state index is -1.08. The number of hydrogen-bond donors (Lipinski definition) is 6. The number of rotatable bonds is 9. The van der Waals surface area contributed by atoms with Gasteiger partial charge < -0.3 is 33.1 Å². The monoisotopic (exact) mass is 428 g/mol. The zero-order valence-electron chi connectivity index (χ0n) is 18.0. The molecule has 172 valence electrons. The van der Waals surface area contributed by atoms with E-state index < -0.39 is 30.1 Å². The molecule has 0 aromatic carbocycles. The molecule has 1 unspecified atom stereocenters. The summed E-state index contributed by atoms with van der Waals surface area (Å²) in [6.45, 7) is 5.95. The smallest absolute Gasteiger partial charge is 0.320 e. The number of nitrogens with two attached hydrogens (primary N) is 4. The van der Waals surface area contributed by atoms with E-state index in [1.54, 1.807) is 6.92 Å². The average Bonchev–Trinajstić information content (AvgIpc) is 2.62. The highest BCUT2D eigenvalue weighted by Gasteiger charge is 2.37. The molecule has 0 spiro atoms. The summed E-state index contributed by atoms with van der Waals surface area (Å²) in [4.78, 5) is 45.0. The first-order valence-corrected chi connectivity index (χ1v) is 9.93. The van der Waals surface area contributed by atoms with Crippen molar-refractivity contribution in [2.24, 2.45) is 28.3 Å². The van der Waals surface area contributed by atoms with Crippen molar-refractivity contribution in [3.8, 4) is 0 Å². The van der Waals surface area contributed by atoms with Crippen molar-refractivity contribution in [1.29, 1.82) is 0 Å². The predicted molar refractivity (Wildman–Crippen MR) is 112 cm³/mol. The summed E-state index contributed by atoms with van der Waals surface area (Å²) in [5, 5.41) is 17.0. The fourth-order valence-corrected chi connectivity index (χ4v) is 3.05. The van der Waals surface area contributed by atoms with Crippen LogP contribution in [0, 0.1) is 5.41 Å². The van der Waals surface area contributed by atoms with Crippen LogP contribution in [0.15, 0.2) is 11.1 Å². The number of carbonyl (C=O) groups is 4. The highest BCUT2D eigenvalue weighted by Crippen LogP contribution is 2.35. The lowest BCUT2D eigenvalue weighted by Crippen LogP contribution is -2.36. The van der Waals surface area contributed by atoms with Crippen molar-refractivity contribution in [1.82, 2.24) is 0 Å². The molecule has 1 fully saturated rings. The Kier molecular flexibility index (Phi) is 11.6. The Bertz CT molecular complexity index is 652. The van der Waals surface area contributed by atoms with Gasteiger partial charge in [-0.3, -0.25) is 19.2 Å². The Balaban J connectivity index is 0.000000787. The van der Waals surface area contributed by atoms with Gasteiger partial charge in [-0.2, -0.15) is 0 Å². The normalized spacial score (nSPS) is 18.7. The summed E-state index contributed by atoms with van der Waals surface area (Å²) in [6, 6.07) is -2.25. The molecule has 1 aliphatic rings. The van der Waals surface area contributed by atoms with E-state index in [-0.39, 0.29) is 29.0 Å². The molecule has 0 bridgehead atoms. The lowest BCUT2D eigenvalue weighted by molar-refractivity contribution is -0.139. The number of carbonyl (C=O) groups excluding carboxylic acids is 2. The second-order valence-electron chi connectivity index (χ2n) is 8.43. The van der Waals surface area contributed by atoms with Crippen LogP contribution in [-0.4, -0.2) is 58.4 Å². The van der Waals surface area contributed by atoms with Gasteiger partial charge in [-0.05, 0) is 50.1 Å². The molecule has 0 saturated heterocycles. The van der Waals surface area contributed by atoms with E-state index in [4.69, 9.17) is 33.1 Å². The summed E-state index contributed by atoms with van der Waals surface area (Å²) in [5.41, 5.74) is 22.1. The van der Waals surface area contributed by atoms with Crippen molar-refractivity contribution in [3.63, 3.8) is 0 Å². The number of carboxylic acids is 2. The van der Waals surface area contributed by atoms with E-state index in [2.05, 4.69) is 0 Å². The van der Waals surface area contributed by atoms with E-state index in [1.165, 1.54) is 0 Å². The Hall–Kier alpha value is -2.14. The van der Waals surface area contributed by atoms with Gasteiger partial charge in [0, 0.05) is 18.9 Å². The number of Topliss-reactive ketones (excluding diaryl/α,β-unsaturated/α-hetero) is 2. The lowest BCUT2D eigenvalue weighted by atomic mass is 9.72. The molecule has 10 heteroatoms. The first kappa shape index (κ1) is 27.9. The number of ketones is 2. The summed E-state index contributed by atoms with van der Waals surface area (Å²) < 4.78 is 0. The van der Waals surface area contributed by atoms with E-state index >= 15 is 0 Å². The molecule has 3 atom stereocenters. The van der Waals surface area contributed by atoms with Crippen molar-refractivity contribution in [2.75, 3.05) is 6.54 Å². The zero-order valence-corrected chi connectivity index (χ0v) is 18.0. The van der Waals surface area contributed by atoms with Gasteiger partial charge in [0.1, 0.15) is 12.1 Å². The second kappa shape index (κ2) is 12.5. The molecular formula is C20H36N4O6. The van der Waals surface area contributed by atoms with Gasteiger partial charge in [0.2, 0.25) is 0 Å². The molecule has 10 nitrogen and oxygen atoms in total. The van der Waals surface area contributed by atoms with Crippen molar-refractivity contribution in [3.05, 3.63) is 11.1 Å². The minimum Gasteiger partial charge on any atom is -0.480 e. The maximum absolute atomic E-state index is 12.2.